The largest absolute Gasteiger partial charge is 0.477 e. The first-order valence-electron chi connectivity index (χ1n) is 10.8. The van der Waals surface area contributed by atoms with Crippen molar-refractivity contribution in [3.63, 3.8) is 0 Å². The Kier molecular flexibility index (Phi) is 7.10. The van der Waals surface area contributed by atoms with Crippen LogP contribution in [0.4, 0.5) is 20.4 Å². The van der Waals surface area contributed by atoms with Crippen LogP contribution in [-0.2, 0) is 10.0 Å². The Hall–Kier alpha value is -4.47. The van der Waals surface area contributed by atoms with Gasteiger partial charge < -0.3 is 10.5 Å². The fraction of sp³-hybridized carbons (Fsp3) is 0.120. The average Bonchev–Trinajstić information content (AvgIpc) is 2.82. The molecule has 0 spiro atoms. The summed E-state index contributed by atoms with van der Waals surface area (Å²) in [5, 5.41) is 0. The molecule has 0 amide bonds. The van der Waals surface area contributed by atoms with Crippen molar-refractivity contribution in [3.05, 3.63) is 82.9 Å². The zero-order chi connectivity index (χ0) is 26.7. The second-order valence-electron chi connectivity index (χ2n) is 7.89. The normalized spacial score (nSPS) is 11.1. The Morgan fingerprint density at radius 2 is 1.81 bits per heavy atom. The Bertz CT molecular complexity index is 1680. The van der Waals surface area contributed by atoms with Gasteiger partial charge in [0.1, 0.15) is 11.6 Å². The third-order valence-electron chi connectivity index (χ3n) is 5.16. The maximum atomic E-state index is 14.2. The number of primary sulfonamides is 1. The number of benzene rings is 1. The van der Waals surface area contributed by atoms with Gasteiger partial charge in [0.15, 0.2) is 4.90 Å². The van der Waals surface area contributed by atoms with Crippen molar-refractivity contribution >= 4 is 21.7 Å². The van der Waals surface area contributed by atoms with Gasteiger partial charge in [0, 0.05) is 41.3 Å². The van der Waals surface area contributed by atoms with E-state index >= 15 is 0 Å². The first-order valence-corrected chi connectivity index (χ1v) is 12.3. The van der Waals surface area contributed by atoms with Crippen molar-refractivity contribution in [1.29, 1.82) is 0 Å². The Morgan fingerprint density at radius 1 is 1.03 bits per heavy atom. The molecule has 9 nitrogen and oxygen atoms in total. The lowest BCUT2D eigenvalue weighted by Crippen LogP contribution is -2.81. The molecule has 4 rings (SSSR count). The molecule has 0 atom stereocenters. The third kappa shape index (κ3) is 5.69. The van der Waals surface area contributed by atoms with Gasteiger partial charge in [-0.3, -0.25) is 4.98 Å². The van der Waals surface area contributed by atoms with Crippen molar-refractivity contribution in [2.24, 2.45) is 0 Å². The molecule has 37 heavy (non-hydrogen) atoms. The number of rotatable bonds is 5. The van der Waals surface area contributed by atoms with Gasteiger partial charge in [-0.15, -0.1) is 0 Å². The van der Waals surface area contributed by atoms with Gasteiger partial charge in [0.05, 0.1) is 24.1 Å². The van der Waals surface area contributed by atoms with E-state index in [1.54, 1.807) is 19.2 Å². The number of aryl methyl sites for hydroxylation is 2. The number of halogens is 2. The number of pyridine rings is 2. The number of hydrogen-bond acceptors (Lipinski definition) is 8. The van der Waals surface area contributed by atoms with E-state index in [1.807, 2.05) is 13.0 Å². The van der Waals surface area contributed by atoms with E-state index in [0.717, 1.165) is 28.1 Å². The van der Waals surface area contributed by atoms with Crippen molar-refractivity contribution < 1.29 is 26.7 Å². The molecule has 0 saturated carbocycles. The van der Waals surface area contributed by atoms with Gasteiger partial charge in [-0.1, -0.05) is 11.8 Å². The van der Waals surface area contributed by atoms with Crippen LogP contribution in [0.1, 0.15) is 22.5 Å². The molecule has 188 valence electrons. The highest BCUT2D eigenvalue weighted by Gasteiger charge is 2.26. The molecule has 4 N–H and O–H groups in total. The van der Waals surface area contributed by atoms with E-state index in [0.29, 0.717) is 28.6 Å². The van der Waals surface area contributed by atoms with Crippen LogP contribution in [0.25, 0.3) is 11.3 Å². The molecule has 0 radical (unpaired) electrons. The zero-order valence-corrected chi connectivity index (χ0v) is 20.8. The van der Waals surface area contributed by atoms with Gasteiger partial charge in [0.25, 0.3) is 5.88 Å². The number of nitrogen functional groups attached to an aromatic ring is 1. The second kappa shape index (κ2) is 10.3. The van der Waals surface area contributed by atoms with Gasteiger partial charge >= 0.3 is 10.0 Å². The van der Waals surface area contributed by atoms with Crippen LogP contribution >= 0.6 is 0 Å². The van der Waals surface area contributed by atoms with Crippen LogP contribution in [0.2, 0.25) is 0 Å². The summed E-state index contributed by atoms with van der Waals surface area (Å²) >= 11 is 0. The highest BCUT2D eigenvalue weighted by Crippen LogP contribution is 2.25. The minimum atomic E-state index is -4.31. The van der Waals surface area contributed by atoms with Gasteiger partial charge in [-0.25, -0.2) is 23.7 Å². The number of methoxy groups -OCH3 is 1. The van der Waals surface area contributed by atoms with Crippen molar-refractivity contribution in [2.45, 2.75) is 18.7 Å². The van der Waals surface area contributed by atoms with Crippen LogP contribution in [0.3, 0.4) is 0 Å². The molecule has 0 aliphatic carbocycles. The average molecular weight is 524 g/mol. The Labute approximate surface area is 211 Å². The molecule has 0 aliphatic rings. The van der Waals surface area contributed by atoms with E-state index in [1.165, 1.54) is 19.4 Å². The standard InChI is InChI=1S/C25H20F2N6O3S/c1-14-10-17(8-9-29-14)23-19(15(2)31-25(28)32-23)6-4-16-11-21(24(36-3)30-13-16)33-37(34,35)22-7-5-18(26)12-20(22)27/h5,7-13,33H,1-3H3,(H2,28,31,32)/p+1. The van der Waals surface area contributed by atoms with Crippen molar-refractivity contribution in [3.8, 4) is 29.0 Å². The third-order valence-corrected chi connectivity index (χ3v) is 6.67. The van der Waals surface area contributed by atoms with Gasteiger partial charge in [-0.05, 0) is 38.1 Å². The summed E-state index contributed by atoms with van der Waals surface area (Å²) in [6.07, 6.45) is 3.05. The molecule has 0 saturated heterocycles. The number of sulfonamides is 1. The molecule has 0 aliphatic heterocycles. The van der Waals surface area contributed by atoms with E-state index in [9.17, 15) is 17.2 Å². The number of anilines is 1. The Morgan fingerprint density at radius 3 is 2.51 bits per heavy atom. The van der Waals surface area contributed by atoms with Gasteiger partial charge in [0.2, 0.25) is 11.6 Å². The van der Waals surface area contributed by atoms with E-state index in [4.69, 9.17) is 10.5 Å². The van der Waals surface area contributed by atoms with Gasteiger partial charge in [-0.2, -0.15) is 13.1 Å². The molecule has 1 aromatic carbocycles. The lowest BCUT2D eigenvalue weighted by Gasteiger charge is -2.09. The molecule has 3 aromatic heterocycles. The van der Waals surface area contributed by atoms with Crippen LogP contribution in [0, 0.1) is 37.3 Å². The summed E-state index contributed by atoms with van der Waals surface area (Å²) in [6.45, 7) is 3.59. The predicted molar refractivity (Wildman–Crippen MR) is 131 cm³/mol. The van der Waals surface area contributed by atoms with Crippen molar-refractivity contribution in [1.82, 2.24) is 19.9 Å². The summed E-state index contributed by atoms with van der Waals surface area (Å²) in [6, 6.07) is 7.26. The van der Waals surface area contributed by atoms with E-state index < -0.39 is 26.6 Å². The molecule has 4 aromatic rings. The molecule has 0 bridgehead atoms. The quantitative estimate of drug-likeness (QED) is 0.381. The lowest BCUT2D eigenvalue weighted by atomic mass is 10.0. The second-order valence-corrected chi connectivity index (χ2v) is 9.65. The number of hydrogen-bond donors (Lipinski definition) is 2. The number of nitrogens with two attached hydrogens (primary N) is 2. The molecule has 0 fully saturated rings. The summed E-state index contributed by atoms with van der Waals surface area (Å²) in [7, 11) is -3.00. The van der Waals surface area contributed by atoms with Crippen LogP contribution in [0.15, 0.2) is 53.7 Å². The topological polar surface area (TPSA) is 138 Å². The SMILES string of the molecule is COc1ncc(C#Cc2c(C)nc(N)nc2-c2ccnc(C)c2)cc1[NH2+]S(=O)(=O)c1ccc(F)cc1F. The summed E-state index contributed by atoms with van der Waals surface area (Å²) in [5.74, 6) is 3.93. The predicted octanol–water partition coefficient (Wildman–Crippen LogP) is 2.40. The summed E-state index contributed by atoms with van der Waals surface area (Å²) in [5.41, 5.74) is 9.37. The lowest BCUT2D eigenvalue weighted by molar-refractivity contribution is -0.398. The maximum absolute atomic E-state index is 14.2. The monoisotopic (exact) mass is 523 g/mol. The molecule has 3 heterocycles. The number of aromatic nitrogens is 4. The fourth-order valence-electron chi connectivity index (χ4n) is 3.51. The van der Waals surface area contributed by atoms with Crippen LogP contribution < -0.4 is 15.2 Å². The number of quaternary nitrogens is 1. The highest BCUT2D eigenvalue weighted by atomic mass is 32.2. The minimum Gasteiger partial charge on any atom is -0.477 e. The van der Waals surface area contributed by atoms with Crippen molar-refractivity contribution in [2.75, 3.05) is 12.8 Å². The van der Waals surface area contributed by atoms with E-state index in [-0.39, 0.29) is 17.5 Å². The molecular formula is C25H21F2N6O3S+. The van der Waals surface area contributed by atoms with Crippen LogP contribution in [-0.4, -0.2) is 35.5 Å². The molecular weight excluding hydrogens is 502 g/mol. The number of nitrogens with zero attached hydrogens (tertiary/aromatic N) is 4. The maximum Gasteiger partial charge on any atom is 0.331 e. The first-order chi connectivity index (χ1) is 17.6. The van der Waals surface area contributed by atoms with E-state index in [2.05, 4.69) is 31.8 Å². The summed E-state index contributed by atoms with van der Waals surface area (Å²) in [4.78, 5) is 16.2. The fourth-order valence-corrected chi connectivity index (χ4v) is 4.73. The highest BCUT2D eigenvalue weighted by molar-refractivity contribution is 7.85. The molecule has 0 unspecified atom stereocenters. The van der Waals surface area contributed by atoms with Crippen LogP contribution in [0.5, 0.6) is 5.88 Å². The Balaban J connectivity index is 1.75. The summed E-state index contributed by atoms with van der Waals surface area (Å²) < 4.78 is 59.0. The number of ether oxygens (including phenoxy) is 1. The first kappa shape index (κ1) is 25.6. The minimum absolute atomic E-state index is 0.0170. The zero-order valence-electron chi connectivity index (χ0n) is 20.0. The molecule has 12 heteroatoms. The smallest absolute Gasteiger partial charge is 0.331 e.